The summed E-state index contributed by atoms with van der Waals surface area (Å²) in [6, 6.07) is 0. The number of phosphoric ester groups is 1. The van der Waals surface area contributed by atoms with Crippen molar-refractivity contribution in [3.8, 4) is 0 Å². The van der Waals surface area contributed by atoms with Crippen LogP contribution < -0.4 is 0 Å². The van der Waals surface area contributed by atoms with Crippen LogP contribution in [0.1, 0.15) is 226 Å². The second-order valence-electron chi connectivity index (χ2n) is 19.4. The molecule has 12 heteroatoms. The predicted octanol–water partition coefficient (Wildman–Crippen LogP) is 18.1. The maximum Gasteiger partial charge on any atom is 0.472 e. The minimum absolute atomic E-state index is 0.0632. The zero-order valence-electron chi connectivity index (χ0n) is 48.8. The number of hydrogen-bond donors (Lipinski definition) is 2. The van der Waals surface area contributed by atoms with Crippen LogP contribution in [0.15, 0.2) is 134 Å². The maximum atomic E-state index is 12.9. The Labute approximate surface area is 474 Å². The summed E-state index contributed by atoms with van der Waals surface area (Å²) in [6.45, 7) is 4.24. The lowest BCUT2D eigenvalue weighted by molar-refractivity contribution is -0.161. The molecule has 2 N–H and O–H groups in total. The van der Waals surface area contributed by atoms with Gasteiger partial charge < -0.3 is 24.2 Å². The summed E-state index contributed by atoms with van der Waals surface area (Å²) < 4.78 is 39.4. The summed E-state index contributed by atoms with van der Waals surface area (Å²) in [6.07, 6.45) is 74.3. The largest absolute Gasteiger partial charge is 0.472 e. The first-order chi connectivity index (χ1) is 38.2. The van der Waals surface area contributed by atoms with Crippen LogP contribution in [0.2, 0.25) is 0 Å². The Morgan fingerprint density at radius 2 is 0.718 bits per heavy atom. The predicted molar refractivity (Wildman–Crippen MR) is 325 cm³/mol. The molecule has 0 saturated carbocycles. The molecule has 0 aliphatic rings. The quantitative estimate of drug-likeness (QED) is 0.0197. The van der Waals surface area contributed by atoms with Crippen LogP contribution in [0.5, 0.6) is 0 Å². The molecule has 0 amide bonds. The molecule has 0 aromatic rings. The fraction of sp³-hybridized carbons (Fsp3) is 0.621. The molecule has 11 nitrogen and oxygen atoms in total. The highest BCUT2D eigenvalue weighted by molar-refractivity contribution is 7.47. The molecule has 3 atom stereocenters. The highest BCUT2D eigenvalue weighted by Gasteiger charge is 2.28. The number of aliphatic hydroxyl groups excluding tert-OH is 1. The first-order valence-electron chi connectivity index (χ1n) is 30.1. The van der Waals surface area contributed by atoms with E-state index in [2.05, 4.69) is 130 Å². The Morgan fingerprint density at radius 1 is 0.385 bits per heavy atom. The summed E-state index contributed by atoms with van der Waals surface area (Å²) in [5.41, 5.74) is 0. The number of ether oxygens (including phenoxy) is 3. The fourth-order valence-corrected chi connectivity index (χ4v) is 8.35. The zero-order valence-corrected chi connectivity index (χ0v) is 49.7. The SMILES string of the molecule is CC/C=C\C/C=C\C/C=C\C/C=C\C/C=C\CC(=O)OC(CO)COP(=O)(O)OCC(COC(=O)CCCCCC/C=C\C/C=C\C/C=C\C/C=C\CC)OC(=O)CCCCCCCCCCC/C=C\C/C=C\CCCCC. The monoisotopic (exact) mass is 1110 g/mol. The second-order valence-corrected chi connectivity index (χ2v) is 20.9. The van der Waals surface area contributed by atoms with Gasteiger partial charge in [0.2, 0.25) is 0 Å². The van der Waals surface area contributed by atoms with Crippen LogP contribution in [-0.4, -0.2) is 66.5 Å². The number of esters is 3. The van der Waals surface area contributed by atoms with Crippen molar-refractivity contribution in [3.63, 3.8) is 0 Å². The highest BCUT2D eigenvalue weighted by atomic mass is 31.2. The van der Waals surface area contributed by atoms with Gasteiger partial charge in [-0.2, -0.15) is 0 Å². The van der Waals surface area contributed by atoms with E-state index in [1.54, 1.807) is 6.08 Å². The third-order valence-electron chi connectivity index (χ3n) is 12.1. The van der Waals surface area contributed by atoms with Gasteiger partial charge in [0.1, 0.15) is 12.7 Å². The summed E-state index contributed by atoms with van der Waals surface area (Å²) in [5, 5.41) is 9.81. The van der Waals surface area contributed by atoms with E-state index in [0.717, 1.165) is 116 Å². The van der Waals surface area contributed by atoms with Crippen molar-refractivity contribution in [2.24, 2.45) is 0 Å². The normalized spacial score (nSPS) is 14.3. The van der Waals surface area contributed by atoms with Gasteiger partial charge >= 0.3 is 25.7 Å². The lowest BCUT2D eigenvalue weighted by Crippen LogP contribution is -2.30. The van der Waals surface area contributed by atoms with Crippen molar-refractivity contribution in [1.82, 2.24) is 0 Å². The van der Waals surface area contributed by atoms with Crippen LogP contribution >= 0.6 is 7.82 Å². The molecule has 0 saturated heterocycles. The average molecular weight is 1110 g/mol. The molecule has 442 valence electrons. The van der Waals surface area contributed by atoms with Crippen LogP contribution in [0, 0.1) is 0 Å². The molecule has 0 aromatic carbocycles. The van der Waals surface area contributed by atoms with Gasteiger partial charge in [-0.25, -0.2) is 4.57 Å². The van der Waals surface area contributed by atoms with Crippen LogP contribution in [-0.2, 0) is 42.2 Å². The number of unbranched alkanes of at least 4 members (excludes halogenated alkanes) is 16. The molecule has 78 heavy (non-hydrogen) atoms. The van der Waals surface area contributed by atoms with Crippen LogP contribution in [0.3, 0.4) is 0 Å². The molecule has 0 aromatic heterocycles. The van der Waals surface area contributed by atoms with Gasteiger partial charge in [0.05, 0.1) is 26.2 Å². The summed E-state index contributed by atoms with van der Waals surface area (Å²) >= 11 is 0. The van der Waals surface area contributed by atoms with Crippen LogP contribution in [0.4, 0.5) is 0 Å². The van der Waals surface area contributed by atoms with Crippen LogP contribution in [0.25, 0.3) is 0 Å². The molecular formula is C66H107O11P. The minimum Gasteiger partial charge on any atom is -0.462 e. The molecule has 0 fully saturated rings. The average Bonchev–Trinajstić information content (AvgIpc) is 3.43. The highest BCUT2D eigenvalue weighted by Crippen LogP contribution is 2.43. The van der Waals surface area contributed by atoms with Gasteiger partial charge in [-0.15, -0.1) is 0 Å². The van der Waals surface area contributed by atoms with Crippen molar-refractivity contribution < 1.29 is 52.2 Å². The fourth-order valence-electron chi connectivity index (χ4n) is 7.57. The Bertz CT molecular complexity index is 1820. The summed E-state index contributed by atoms with van der Waals surface area (Å²) in [7, 11) is -4.79. The molecular weight excluding hydrogens is 1000 g/mol. The standard InChI is InChI=1S/C66H107O11P/c1-4-7-10-13-16-19-22-25-28-30-31-33-36-39-42-45-48-51-54-57-66(70)77-63(59-73-64(68)55-52-49-46-43-40-37-35-32-29-26-23-20-17-14-11-8-5-2)61-75-78(71,72)74-60-62(58-67)76-65(69)56-53-50-47-44-41-38-34-27-24-21-18-15-12-9-6-3/h8-9,11-12,16-21,25-29,34-35,37,41,44,50,53,62-63,67H,4-7,10,13-15,22-24,30-33,36,38-40,42-43,45-49,51-52,54-61H2,1-3H3,(H,71,72)/b11-8-,12-9-,19-16-,20-17-,21-18-,28-25-,29-26-,34-27-,37-35-,44-41-,53-50-. The first-order valence-corrected chi connectivity index (χ1v) is 31.6. The van der Waals surface area contributed by atoms with Crippen molar-refractivity contribution in [2.75, 3.05) is 26.4 Å². The van der Waals surface area contributed by atoms with E-state index in [1.807, 2.05) is 18.2 Å². The smallest absolute Gasteiger partial charge is 0.462 e. The first kappa shape index (κ1) is 73.6. The van der Waals surface area contributed by atoms with Gasteiger partial charge in [-0.1, -0.05) is 225 Å². The number of rotatable bonds is 54. The molecule has 0 spiro atoms. The maximum absolute atomic E-state index is 12.9. The van der Waals surface area contributed by atoms with Crippen molar-refractivity contribution in [1.29, 1.82) is 0 Å². The molecule has 0 rings (SSSR count). The third kappa shape index (κ3) is 56.3. The lowest BCUT2D eigenvalue weighted by Gasteiger charge is -2.21. The van der Waals surface area contributed by atoms with Gasteiger partial charge in [0.15, 0.2) is 6.10 Å². The molecule has 0 heterocycles. The molecule has 0 aliphatic heterocycles. The number of carbonyl (C=O) groups is 3. The van der Waals surface area contributed by atoms with Gasteiger partial charge in [0, 0.05) is 12.8 Å². The van der Waals surface area contributed by atoms with E-state index in [-0.39, 0.29) is 25.9 Å². The number of aliphatic hydroxyl groups is 1. The zero-order chi connectivity index (χ0) is 56.9. The molecule has 0 aliphatic carbocycles. The topological polar surface area (TPSA) is 155 Å². The minimum atomic E-state index is -4.79. The Kier molecular flexibility index (Phi) is 55.5. The molecule has 0 bridgehead atoms. The van der Waals surface area contributed by atoms with E-state index in [9.17, 15) is 28.9 Å². The van der Waals surface area contributed by atoms with Gasteiger partial charge in [-0.3, -0.25) is 23.4 Å². The van der Waals surface area contributed by atoms with Crippen molar-refractivity contribution >= 4 is 25.7 Å². The molecule has 3 unspecified atom stereocenters. The van der Waals surface area contributed by atoms with E-state index in [0.29, 0.717) is 19.3 Å². The number of carbonyl (C=O) groups excluding carboxylic acids is 3. The Morgan fingerprint density at radius 3 is 1.13 bits per heavy atom. The van der Waals surface area contributed by atoms with Gasteiger partial charge in [0.25, 0.3) is 0 Å². The van der Waals surface area contributed by atoms with E-state index in [1.165, 1.54) is 51.4 Å². The van der Waals surface area contributed by atoms with Crippen molar-refractivity contribution in [3.05, 3.63) is 134 Å². The number of allylic oxidation sites excluding steroid dienone is 21. The molecule has 0 radical (unpaired) electrons. The third-order valence-corrected chi connectivity index (χ3v) is 13.0. The van der Waals surface area contributed by atoms with E-state index >= 15 is 0 Å². The Hall–Kier alpha value is -4.38. The number of hydrogen-bond acceptors (Lipinski definition) is 10. The van der Waals surface area contributed by atoms with Crippen molar-refractivity contribution in [2.45, 2.75) is 238 Å². The van der Waals surface area contributed by atoms with Gasteiger partial charge in [-0.05, 0) is 116 Å². The second kappa shape index (κ2) is 58.8. The Balaban J connectivity index is 4.86. The summed E-state index contributed by atoms with van der Waals surface area (Å²) in [5.74, 6) is -1.65. The van der Waals surface area contributed by atoms with E-state index in [4.69, 9.17) is 23.3 Å². The number of phosphoric acid groups is 1. The lowest BCUT2D eigenvalue weighted by atomic mass is 10.1. The summed E-state index contributed by atoms with van der Waals surface area (Å²) in [4.78, 5) is 48.6. The van der Waals surface area contributed by atoms with E-state index < -0.39 is 57.8 Å².